The molecule has 0 amide bonds. The lowest BCUT2D eigenvalue weighted by Crippen LogP contribution is -2.15. The maximum Gasteiger partial charge on any atom is 0.185 e. The largest absolute Gasteiger partial charge is 0.354 e. The Bertz CT molecular complexity index is 327. The Hall–Kier alpha value is -0.320. The monoisotopic (exact) mass is 261 g/mol. The van der Waals surface area contributed by atoms with Crippen LogP contribution in [0, 0.1) is 11.8 Å². The Kier molecular flexibility index (Phi) is 5.02. The van der Waals surface area contributed by atoms with Gasteiger partial charge in [0.2, 0.25) is 0 Å². The molecule has 1 aromatic rings. The zero-order valence-corrected chi connectivity index (χ0v) is 11.7. The van der Waals surface area contributed by atoms with Crippen molar-refractivity contribution in [3.05, 3.63) is 11.1 Å². The van der Waals surface area contributed by atoms with Crippen LogP contribution in [0.3, 0.4) is 0 Å². The molecule has 1 saturated carbocycles. The lowest BCUT2D eigenvalue weighted by Gasteiger charge is -2.05. The predicted molar refractivity (Wildman–Crippen MR) is 72.7 cm³/mol. The molecular formula is C11H20ClN3S. The molecule has 0 bridgehead atoms. The van der Waals surface area contributed by atoms with E-state index in [0.717, 1.165) is 30.1 Å². The van der Waals surface area contributed by atoms with Gasteiger partial charge in [0.25, 0.3) is 0 Å². The van der Waals surface area contributed by atoms with Crippen LogP contribution < -0.4 is 10.2 Å². The fourth-order valence-corrected chi connectivity index (χ4v) is 2.45. The number of hydrogen-bond donors (Lipinski definition) is 1. The summed E-state index contributed by atoms with van der Waals surface area (Å²) in [5.41, 5.74) is 0. The van der Waals surface area contributed by atoms with Crippen molar-refractivity contribution < 1.29 is 0 Å². The Morgan fingerprint density at radius 3 is 2.75 bits per heavy atom. The van der Waals surface area contributed by atoms with E-state index in [1.54, 1.807) is 11.3 Å². The predicted octanol–water partition coefficient (Wildman–Crippen LogP) is 2.38. The molecule has 2 rings (SSSR count). The van der Waals surface area contributed by atoms with Crippen LogP contribution in [-0.2, 0) is 6.54 Å². The Labute approximate surface area is 108 Å². The summed E-state index contributed by atoms with van der Waals surface area (Å²) in [6.45, 7) is 4.45. The minimum atomic E-state index is 0. The number of nitrogens with one attached hydrogen (secondary N) is 1. The highest BCUT2D eigenvalue weighted by Crippen LogP contribution is 2.36. The second-order valence-corrected chi connectivity index (χ2v) is 5.70. The van der Waals surface area contributed by atoms with Gasteiger partial charge < -0.3 is 10.2 Å². The highest BCUT2D eigenvalue weighted by atomic mass is 35.5. The van der Waals surface area contributed by atoms with Gasteiger partial charge in [0, 0.05) is 31.7 Å². The number of aromatic nitrogens is 1. The van der Waals surface area contributed by atoms with E-state index in [0.29, 0.717) is 0 Å². The third-order valence-corrected chi connectivity index (χ3v) is 4.07. The molecule has 1 heterocycles. The van der Waals surface area contributed by atoms with Crippen LogP contribution in [0.4, 0.5) is 5.13 Å². The van der Waals surface area contributed by atoms with Crippen LogP contribution >= 0.6 is 23.7 Å². The van der Waals surface area contributed by atoms with Crippen LogP contribution in [0.1, 0.15) is 18.2 Å². The normalized spacial score (nSPS) is 22.7. The molecule has 92 valence electrons. The smallest absolute Gasteiger partial charge is 0.185 e. The zero-order chi connectivity index (χ0) is 10.8. The van der Waals surface area contributed by atoms with E-state index in [9.17, 15) is 0 Å². The molecular weight excluding hydrogens is 242 g/mol. The van der Waals surface area contributed by atoms with Crippen molar-refractivity contribution >= 4 is 28.9 Å². The summed E-state index contributed by atoms with van der Waals surface area (Å²) in [6, 6.07) is 0. The molecule has 0 spiro atoms. The van der Waals surface area contributed by atoms with Gasteiger partial charge in [-0.05, 0) is 24.8 Å². The maximum atomic E-state index is 4.35. The van der Waals surface area contributed by atoms with Crippen LogP contribution in [0.15, 0.2) is 6.20 Å². The van der Waals surface area contributed by atoms with Crippen LogP contribution in [0.5, 0.6) is 0 Å². The van der Waals surface area contributed by atoms with Crippen molar-refractivity contribution in [3.63, 3.8) is 0 Å². The summed E-state index contributed by atoms with van der Waals surface area (Å²) in [5.74, 6) is 1.86. The first-order valence-corrected chi connectivity index (χ1v) is 6.31. The summed E-state index contributed by atoms with van der Waals surface area (Å²) >= 11 is 1.77. The van der Waals surface area contributed by atoms with Crippen LogP contribution in [-0.4, -0.2) is 25.6 Å². The van der Waals surface area contributed by atoms with Gasteiger partial charge in [0.15, 0.2) is 5.13 Å². The van der Waals surface area contributed by atoms with Gasteiger partial charge in [-0.1, -0.05) is 6.92 Å². The third-order valence-electron chi connectivity index (χ3n) is 2.91. The topological polar surface area (TPSA) is 28.2 Å². The molecule has 16 heavy (non-hydrogen) atoms. The molecule has 1 aromatic heterocycles. The number of rotatable bonds is 5. The molecule has 0 saturated heterocycles. The molecule has 5 heteroatoms. The van der Waals surface area contributed by atoms with Crippen molar-refractivity contribution in [2.75, 3.05) is 25.5 Å². The summed E-state index contributed by atoms with van der Waals surface area (Å²) in [5, 5.41) is 4.59. The van der Waals surface area contributed by atoms with E-state index in [-0.39, 0.29) is 12.4 Å². The standard InChI is InChI=1S/C11H19N3S.ClH/c1-8-4-9(8)5-12-6-10-7-13-11(15-10)14(2)3;/h7-9,12H,4-6H2,1-3H3;1H. The summed E-state index contributed by atoms with van der Waals surface area (Å²) in [7, 11) is 4.06. The first kappa shape index (κ1) is 13.7. The van der Waals surface area contributed by atoms with Crippen molar-refractivity contribution in [1.82, 2.24) is 10.3 Å². The summed E-state index contributed by atoms with van der Waals surface area (Å²) < 4.78 is 0. The van der Waals surface area contributed by atoms with Gasteiger partial charge >= 0.3 is 0 Å². The number of halogens is 1. The molecule has 3 nitrogen and oxygen atoms in total. The molecule has 2 unspecified atom stereocenters. The first-order chi connectivity index (χ1) is 7.16. The fraction of sp³-hybridized carbons (Fsp3) is 0.727. The quantitative estimate of drug-likeness (QED) is 0.882. The average molecular weight is 262 g/mol. The van der Waals surface area contributed by atoms with Crippen LogP contribution in [0.25, 0.3) is 0 Å². The summed E-state index contributed by atoms with van der Waals surface area (Å²) in [4.78, 5) is 7.73. The first-order valence-electron chi connectivity index (χ1n) is 5.49. The number of thiazole rings is 1. The van der Waals surface area contributed by atoms with E-state index in [4.69, 9.17) is 0 Å². The minimum absolute atomic E-state index is 0. The van der Waals surface area contributed by atoms with Crippen LogP contribution in [0.2, 0.25) is 0 Å². The van der Waals surface area contributed by atoms with Crippen molar-refractivity contribution in [2.45, 2.75) is 19.9 Å². The lowest BCUT2D eigenvalue weighted by molar-refractivity contribution is 0.615. The molecule has 1 aliphatic rings. The molecule has 1 aliphatic carbocycles. The Morgan fingerprint density at radius 2 is 2.25 bits per heavy atom. The van der Waals surface area contributed by atoms with E-state index in [1.807, 2.05) is 20.3 Å². The van der Waals surface area contributed by atoms with E-state index >= 15 is 0 Å². The third kappa shape index (κ3) is 3.61. The maximum absolute atomic E-state index is 4.35. The van der Waals surface area contributed by atoms with Crippen molar-refractivity contribution in [1.29, 1.82) is 0 Å². The number of hydrogen-bond acceptors (Lipinski definition) is 4. The van der Waals surface area contributed by atoms with Gasteiger partial charge in [-0.3, -0.25) is 0 Å². The lowest BCUT2D eigenvalue weighted by atomic mass is 10.3. The number of nitrogens with zero attached hydrogens (tertiary/aromatic N) is 2. The van der Waals surface area contributed by atoms with E-state index < -0.39 is 0 Å². The average Bonchev–Trinajstić information content (AvgIpc) is 2.71. The highest BCUT2D eigenvalue weighted by Gasteiger charge is 2.31. The molecule has 0 radical (unpaired) electrons. The van der Waals surface area contributed by atoms with E-state index in [1.165, 1.54) is 11.3 Å². The SMILES string of the molecule is CC1CC1CNCc1cnc(N(C)C)s1.Cl. The fourth-order valence-electron chi connectivity index (χ4n) is 1.65. The van der Waals surface area contributed by atoms with Crippen molar-refractivity contribution in [2.24, 2.45) is 11.8 Å². The van der Waals surface area contributed by atoms with Gasteiger partial charge in [-0.2, -0.15) is 0 Å². The Morgan fingerprint density at radius 1 is 1.56 bits per heavy atom. The highest BCUT2D eigenvalue weighted by molar-refractivity contribution is 7.15. The Balaban J connectivity index is 0.00000128. The molecule has 0 aliphatic heterocycles. The van der Waals surface area contributed by atoms with Gasteiger partial charge in [0.1, 0.15) is 0 Å². The van der Waals surface area contributed by atoms with Crippen molar-refractivity contribution in [3.8, 4) is 0 Å². The second-order valence-electron chi connectivity index (χ2n) is 4.61. The molecule has 0 aromatic carbocycles. The molecule has 2 atom stereocenters. The van der Waals surface area contributed by atoms with E-state index in [2.05, 4.69) is 22.1 Å². The second kappa shape index (κ2) is 5.84. The minimum Gasteiger partial charge on any atom is -0.354 e. The number of anilines is 1. The molecule has 1 fully saturated rings. The van der Waals surface area contributed by atoms with Gasteiger partial charge in [-0.15, -0.1) is 23.7 Å². The summed E-state index contributed by atoms with van der Waals surface area (Å²) in [6.07, 6.45) is 3.38. The van der Waals surface area contributed by atoms with Gasteiger partial charge in [-0.25, -0.2) is 4.98 Å². The van der Waals surface area contributed by atoms with Gasteiger partial charge in [0.05, 0.1) is 0 Å². The zero-order valence-electron chi connectivity index (χ0n) is 10.1. The molecule has 1 N–H and O–H groups in total.